The number of carbonyl (C=O) groups excluding carboxylic acids is 2. The second-order valence-corrected chi connectivity index (χ2v) is 10.4. The van der Waals surface area contributed by atoms with Crippen LogP contribution >= 0.6 is 0 Å². The molecule has 0 spiro atoms. The van der Waals surface area contributed by atoms with Crippen molar-refractivity contribution in [3.05, 3.63) is 53.5 Å². The molecule has 1 aliphatic rings. The smallest absolute Gasteiger partial charge is 0.406 e. The number of ether oxygens (including phenoxy) is 1. The maximum Gasteiger partial charge on any atom is 0.573 e. The van der Waals surface area contributed by atoms with Crippen LogP contribution in [-0.4, -0.2) is 57.6 Å². The highest BCUT2D eigenvalue weighted by Crippen LogP contribution is 2.38. The van der Waals surface area contributed by atoms with Gasteiger partial charge in [-0.1, -0.05) is 0 Å². The highest BCUT2D eigenvalue weighted by molar-refractivity contribution is 7.90. The van der Waals surface area contributed by atoms with E-state index in [1.54, 1.807) is 6.92 Å². The third-order valence-corrected chi connectivity index (χ3v) is 6.34. The highest BCUT2D eigenvalue weighted by Gasteiger charge is 2.33. The Morgan fingerprint density at radius 2 is 1.89 bits per heavy atom. The maximum atomic E-state index is 13.0. The third kappa shape index (κ3) is 6.19. The van der Waals surface area contributed by atoms with Gasteiger partial charge >= 0.3 is 6.36 Å². The zero-order chi connectivity index (χ0) is 27.1. The average Bonchev–Trinajstić information content (AvgIpc) is 3.55. The molecule has 1 aliphatic carbocycles. The summed E-state index contributed by atoms with van der Waals surface area (Å²) in [7, 11) is -3.98. The lowest BCUT2D eigenvalue weighted by molar-refractivity contribution is -0.274. The number of carbonyl (C=O) groups is 2. The Balaban J connectivity index is 1.68. The van der Waals surface area contributed by atoms with Gasteiger partial charge in [-0.25, -0.2) is 23.4 Å². The molecule has 0 saturated heterocycles. The number of benzene rings is 1. The van der Waals surface area contributed by atoms with Gasteiger partial charge < -0.3 is 15.8 Å². The van der Waals surface area contributed by atoms with Crippen molar-refractivity contribution < 1.29 is 35.9 Å². The lowest BCUT2D eigenvalue weighted by atomic mass is 10.2. The first kappa shape index (κ1) is 26.0. The van der Waals surface area contributed by atoms with Gasteiger partial charge in [-0.05, 0) is 38.0 Å². The van der Waals surface area contributed by atoms with Gasteiger partial charge in [0.25, 0.3) is 11.8 Å². The number of amides is 2. The largest absolute Gasteiger partial charge is 0.573 e. The summed E-state index contributed by atoms with van der Waals surface area (Å²) in [6.07, 6.45) is -1.48. The summed E-state index contributed by atoms with van der Waals surface area (Å²) in [6.45, 7) is 1.54. The highest BCUT2D eigenvalue weighted by atomic mass is 32.2. The first-order valence-corrected chi connectivity index (χ1v) is 12.6. The SMILES string of the molecule is C[C@H](NC(=O)c1cc(OC(F)(F)F)cc(S(C)(=O)=O)c1)c1nc(C2CC2)nn1-c1cc(C(N)=O)ncn1. The summed E-state index contributed by atoms with van der Waals surface area (Å²) in [6, 6.07) is 2.79. The minimum absolute atomic E-state index is 0.0779. The normalized spacial score (nSPS) is 14.7. The van der Waals surface area contributed by atoms with Crippen molar-refractivity contribution in [3.8, 4) is 11.6 Å². The Hall–Kier alpha value is -4.08. The molecule has 0 aliphatic heterocycles. The predicted molar refractivity (Wildman–Crippen MR) is 120 cm³/mol. The number of sulfone groups is 1. The molecule has 1 atom stereocenters. The van der Waals surface area contributed by atoms with Crippen molar-refractivity contribution in [3.63, 3.8) is 0 Å². The molecule has 12 nitrogen and oxygen atoms in total. The monoisotopic (exact) mass is 539 g/mol. The van der Waals surface area contributed by atoms with Crippen molar-refractivity contribution in [1.82, 2.24) is 30.0 Å². The Morgan fingerprint density at radius 3 is 2.49 bits per heavy atom. The molecule has 0 unspecified atom stereocenters. The van der Waals surface area contributed by atoms with Crippen LogP contribution in [0.4, 0.5) is 13.2 Å². The van der Waals surface area contributed by atoms with Crippen LogP contribution in [0.15, 0.2) is 35.5 Å². The zero-order valence-electron chi connectivity index (χ0n) is 19.4. The number of nitrogens with zero attached hydrogens (tertiary/aromatic N) is 5. The Morgan fingerprint density at radius 1 is 1.19 bits per heavy atom. The molecular formula is C21H20F3N7O5S. The Kier molecular flexibility index (Phi) is 6.62. The van der Waals surface area contributed by atoms with Crippen LogP contribution in [0, 0.1) is 0 Å². The van der Waals surface area contributed by atoms with Crippen LogP contribution in [0.5, 0.6) is 5.75 Å². The summed E-state index contributed by atoms with van der Waals surface area (Å²) < 4.78 is 67.4. The molecule has 3 N–H and O–H groups in total. The molecule has 0 bridgehead atoms. The van der Waals surface area contributed by atoms with E-state index in [9.17, 15) is 31.2 Å². The summed E-state index contributed by atoms with van der Waals surface area (Å²) in [5, 5.41) is 7.00. The van der Waals surface area contributed by atoms with Crippen LogP contribution in [0.25, 0.3) is 5.82 Å². The lowest BCUT2D eigenvalue weighted by Crippen LogP contribution is -2.29. The fourth-order valence-electron chi connectivity index (χ4n) is 3.36. The van der Waals surface area contributed by atoms with Crippen molar-refractivity contribution >= 4 is 21.7 Å². The quantitative estimate of drug-likeness (QED) is 0.433. The van der Waals surface area contributed by atoms with Crippen LogP contribution < -0.4 is 15.8 Å². The first-order valence-electron chi connectivity index (χ1n) is 10.7. The van der Waals surface area contributed by atoms with Gasteiger partial charge in [0, 0.05) is 23.8 Å². The lowest BCUT2D eigenvalue weighted by Gasteiger charge is -2.16. The average molecular weight is 539 g/mol. The molecule has 3 aromatic rings. The molecule has 37 heavy (non-hydrogen) atoms. The molecule has 16 heteroatoms. The van der Waals surface area contributed by atoms with Gasteiger partial charge in [0.2, 0.25) is 0 Å². The summed E-state index contributed by atoms with van der Waals surface area (Å²) in [5.74, 6) is -1.61. The Bertz CT molecular complexity index is 1490. The summed E-state index contributed by atoms with van der Waals surface area (Å²) in [5.41, 5.74) is 4.82. The fourth-order valence-corrected chi connectivity index (χ4v) is 4.03. The van der Waals surface area contributed by atoms with Crippen LogP contribution in [0.1, 0.15) is 64.2 Å². The molecule has 1 saturated carbocycles. The van der Waals surface area contributed by atoms with E-state index in [2.05, 4.69) is 30.1 Å². The summed E-state index contributed by atoms with van der Waals surface area (Å²) >= 11 is 0. The van der Waals surface area contributed by atoms with E-state index >= 15 is 0 Å². The molecule has 0 radical (unpaired) electrons. The number of hydrogen-bond acceptors (Lipinski definition) is 9. The van der Waals surface area contributed by atoms with Crippen LogP contribution in [0.3, 0.4) is 0 Å². The second kappa shape index (κ2) is 9.42. The number of aromatic nitrogens is 5. The number of hydrogen-bond donors (Lipinski definition) is 2. The van der Waals surface area contributed by atoms with E-state index in [1.807, 2.05) is 0 Å². The van der Waals surface area contributed by atoms with Gasteiger partial charge in [-0.3, -0.25) is 9.59 Å². The van der Waals surface area contributed by atoms with Crippen molar-refractivity contribution in [2.45, 2.75) is 43.0 Å². The minimum Gasteiger partial charge on any atom is -0.406 e. The van der Waals surface area contributed by atoms with E-state index in [1.165, 1.54) is 10.7 Å². The van der Waals surface area contributed by atoms with Crippen LogP contribution in [0.2, 0.25) is 0 Å². The molecule has 2 aromatic heterocycles. The van der Waals surface area contributed by atoms with Gasteiger partial charge in [-0.2, -0.15) is 4.68 Å². The third-order valence-electron chi connectivity index (χ3n) is 5.25. The molecule has 1 fully saturated rings. The number of halogens is 3. The summed E-state index contributed by atoms with van der Waals surface area (Å²) in [4.78, 5) is 36.4. The van der Waals surface area contributed by atoms with Crippen molar-refractivity contribution in [1.29, 1.82) is 0 Å². The molecular weight excluding hydrogens is 519 g/mol. The number of rotatable bonds is 8. The standard InChI is InChI=1S/C21H20F3N7O5S/c1-10(28-20(33)12-5-13(36-21(22,23)24)7-14(6-12)37(2,34)35)19-29-18(11-3-4-11)30-31(19)16-8-15(17(25)32)26-9-27-16/h5-11H,3-4H2,1-2H3,(H2,25,32)(H,28,33)/t10-/m0/s1. The predicted octanol–water partition coefficient (Wildman–Crippen LogP) is 1.83. The van der Waals surface area contributed by atoms with Gasteiger partial charge in [0.05, 0.1) is 10.9 Å². The zero-order valence-corrected chi connectivity index (χ0v) is 20.2. The van der Waals surface area contributed by atoms with Gasteiger partial charge in [-0.15, -0.1) is 18.3 Å². The number of nitrogens with two attached hydrogens (primary N) is 1. The van der Waals surface area contributed by atoms with Crippen molar-refractivity contribution in [2.24, 2.45) is 5.73 Å². The first-order chi connectivity index (χ1) is 17.2. The molecule has 196 valence electrons. The van der Waals surface area contributed by atoms with E-state index < -0.39 is 44.7 Å². The van der Waals surface area contributed by atoms with E-state index in [4.69, 9.17) is 5.73 Å². The second-order valence-electron chi connectivity index (χ2n) is 8.35. The molecule has 1 aromatic carbocycles. The number of alkyl halides is 3. The van der Waals surface area contributed by atoms with E-state index in [-0.39, 0.29) is 28.8 Å². The van der Waals surface area contributed by atoms with Gasteiger partial charge in [0.15, 0.2) is 27.3 Å². The van der Waals surface area contributed by atoms with E-state index in [0.717, 1.165) is 37.6 Å². The Labute approximate surface area is 208 Å². The topological polar surface area (TPSA) is 172 Å². The van der Waals surface area contributed by atoms with E-state index in [0.29, 0.717) is 11.9 Å². The fraction of sp³-hybridized carbons (Fsp3) is 0.333. The number of nitrogens with one attached hydrogen (secondary N) is 1. The van der Waals surface area contributed by atoms with Crippen molar-refractivity contribution in [2.75, 3.05) is 6.26 Å². The molecule has 2 amide bonds. The van der Waals surface area contributed by atoms with Gasteiger partial charge in [0.1, 0.15) is 17.8 Å². The van der Waals surface area contributed by atoms with Crippen LogP contribution in [-0.2, 0) is 9.84 Å². The molecule has 2 heterocycles. The minimum atomic E-state index is -5.10. The molecule has 4 rings (SSSR count). The maximum absolute atomic E-state index is 13.0. The number of primary amides is 1.